The molecule has 86 valence electrons. The Kier molecular flexibility index (Phi) is 5.61. The minimum Gasteiger partial charge on any atom is -0.384 e. The SMILES string of the molecule is CCCCn1cnc(CCCSC)c1N. The zero-order valence-corrected chi connectivity index (χ0v) is 10.5. The van der Waals surface area contributed by atoms with Gasteiger partial charge in [0.15, 0.2) is 0 Å². The van der Waals surface area contributed by atoms with Crippen LogP contribution in [-0.4, -0.2) is 21.6 Å². The Morgan fingerprint density at radius 2 is 2.27 bits per heavy atom. The number of thioether (sulfide) groups is 1. The molecule has 0 spiro atoms. The first kappa shape index (κ1) is 12.4. The summed E-state index contributed by atoms with van der Waals surface area (Å²) in [4.78, 5) is 4.37. The number of anilines is 1. The molecule has 1 heterocycles. The van der Waals surface area contributed by atoms with E-state index in [1.54, 1.807) is 0 Å². The van der Waals surface area contributed by atoms with Gasteiger partial charge in [-0.2, -0.15) is 11.8 Å². The van der Waals surface area contributed by atoms with E-state index in [1.165, 1.54) is 18.6 Å². The fraction of sp³-hybridized carbons (Fsp3) is 0.727. The third-order valence-electron chi connectivity index (χ3n) is 2.47. The number of nitrogens with zero attached hydrogens (tertiary/aromatic N) is 2. The Labute approximate surface area is 96.5 Å². The maximum absolute atomic E-state index is 6.02. The molecule has 0 aromatic carbocycles. The van der Waals surface area contributed by atoms with Gasteiger partial charge in [0, 0.05) is 6.54 Å². The third kappa shape index (κ3) is 3.78. The number of aryl methyl sites for hydroxylation is 2. The maximum atomic E-state index is 6.02. The van der Waals surface area contributed by atoms with E-state index in [0.717, 1.165) is 30.9 Å². The van der Waals surface area contributed by atoms with Crippen LogP contribution >= 0.6 is 11.8 Å². The molecular weight excluding hydrogens is 206 g/mol. The number of rotatable bonds is 7. The molecule has 0 saturated heterocycles. The van der Waals surface area contributed by atoms with E-state index >= 15 is 0 Å². The second kappa shape index (κ2) is 6.77. The molecule has 0 aliphatic rings. The van der Waals surface area contributed by atoms with Gasteiger partial charge in [-0.3, -0.25) is 0 Å². The van der Waals surface area contributed by atoms with E-state index in [9.17, 15) is 0 Å². The quantitative estimate of drug-likeness (QED) is 0.728. The lowest BCUT2D eigenvalue weighted by molar-refractivity contribution is 0.637. The number of hydrogen-bond donors (Lipinski definition) is 1. The first-order valence-corrected chi connectivity index (χ1v) is 6.97. The van der Waals surface area contributed by atoms with Gasteiger partial charge in [0.1, 0.15) is 5.82 Å². The standard InChI is InChI=1S/C11H21N3S/c1-3-4-7-14-9-13-10(11(14)12)6-5-8-15-2/h9H,3-8,12H2,1-2H3. The average Bonchev–Trinajstić information content (AvgIpc) is 2.58. The molecule has 3 nitrogen and oxygen atoms in total. The first-order chi connectivity index (χ1) is 7.29. The molecule has 0 amide bonds. The van der Waals surface area contributed by atoms with Crippen LogP contribution in [0.4, 0.5) is 5.82 Å². The Morgan fingerprint density at radius 3 is 2.93 bits per heavy atom. The molecule has 0 bridgehead atoms. The van der Waals surface area contributed by atoms with Gasteiger partial charge in [0.05, 0.1) is 12.0 Å². The van der Waals surface area contributed by atoms with Crippen LogP contribution in [0.15, 0.2) is 6.33 Å². The van der Waals surface area contributed by atoms with Gasteiger partial charge in [-0.15, -0.1) is 0 Å². The fourth-order valence-electron chi connectivity index (χ4n) is 1.52. The highest BCUT2D eigenvalue weighted by Crippen LogP contribution is 2.14. The summed E-state index contributed by atoms with van der Waals surface area (Å²) in [6.07, 6.45) is 8.54. The number of nitrogens with two attached hydrogens (primary N) is 1. The van der Waals surface area contributed by atoms with Crippen LogP contribution in [-0.2, 0) is 13.0 Å². The number of imidazole rings is 1. The number of aromatic nitrogens is 2. The summed E-state index contributed by atoms with van der Waals surface area (Å²) in [7, 11) is 0. The molecule has 0 aliphatic heterocycles. The molecule has 0 saturated carbocycles. The predicted molar refractivity (Wildman–Crippen MR) is 68.3 cm³/mol. The lowest BCUT2D eigenvalue weighted by Crippen LogP contribution is -2.03. The van der Waals surface area contributed by atoms with E-state index in [0.29, 0.717) is 0 Å². The monoisotopic (exact) mass is 227 g/mol. The second-order valence-corrected chi connectivity index (χ2v) is 4.71. The molecule has 1 rings (SSSR count). The Bertz CT molecular complexity index is 283. The summed E-state index contributed by atoms with van der Waals surface area (Å²) < 4.78 is 2.07. The van der Waals surface area contributed by atoms with Crippen molar-refractivity contribution in [1.29, 1.82) is 0 Å². The van der Waals surface area contributed by atoms with Crippen molar-refractivity contribution in [3.05, 3.63) is 12.0 Å². The fourth-order valence-corrected chi connectivity index (χ4v) is 1.95. The molecule has 0 fully saturated rings. The van der Waals surface area contributed by atoms with Crippen molar-refractivity contribution in [2.24, 2.45) is 0 Å². The molecule has 1 aromatic heterocycles. The van der Waals surface area contributed by atoms with E-state index in [1.807, 2.05) is 18.1 Å². The highest BCUT2D eigenvalue weighted by Gasteiger charge is 2.06. The number of hydrogen-bond acceptors (Lipinski definition) is 3. The zero-order chi connectivity index (χ0) is 11.1. The van der Waals surface area contributed by atoms with Crippen molar-refractivity contribution in [2.75, 3.05) is 17.7 Å². The van der Waals surface area contributed by atoms with Crippen molar-refractivity contribution in [1.82, 2.24) is 9.55 Å². The Morgan fingerprint density at radius 1 is 1.47 bits per heavy atom. The van der Waals surface area contributed by atoms with Gasteiger partial charge in [-0.25, -0.2) is 4.98 Å². The average molecular weight is 227 g/mol. The topological polar surface area (TPSA) is 43.8 Å². The smallest absolute Gasteiger partial charge is 0.126 e. The normalized spacial score (nSPS) is 10.8. The summed E-state index contributed by atoms with van der Waals surface area (Å²) in [6, 6.07) is 0. The zero-order valence-electron chi connectivity index (χ0n) is 9.70. The molecule has 4 heteroatoms. The van der Waals surface area contributed by atoms with Crippen LogP contribution in [0.1, 0.15) is 31.9 Å². The van der Waals surface area contributed by atoms with E-state index in [-0.39, 0.29) is 0 Å². The lowest BCUT2D eigenvalue weighted by Gasteiger charge is -2.04. The summed E-state index contributed by atoms with van der Waals surface area (Å²) in [5.74, 6) is 2.05. The third-order valence-corrected chi connectivity index (χ3v) is 3.17. The highest BCUT2D eigenvalue weighted by molar-refractivity contribution is 7.98. The van der Waals surface area contributed by atoms with Gasteiger partial charge in [0.25, 0.3) is 0 Å². The predicted octanol–water partition coefficient (Wildman–Crippen LogP) is 2.56. The van der Waals surface area contributed by atoms with Crippen LogP contribution in [0.3, 0.4) is 0 Å². The Balaban J connectivity index is 2.47. The van der Waals surface area contributed by atoms with Gasteiger partial charge in [0.2, 0.25) is 0 Å². The number of nitrogen functional groups attached to an aromatic ring is 1. The van der Waals surface area contributed by atoms with E-state index in [4.69, 9.17) is 5.73 Å². The maximum Gasteiger partial charge on any atom is 0.126 e. The van der Waals surface area contributed by atoms with Crippen molar-refractivity contribution < 1.29 is 0 Å². The molecule has 0 unspecified atom stereocenters. The molecule has 2 N–H and O–H groups in total. The summed E-state index contributed by atoms with van der Waals surface area (Å²) in [5.41, 5.74) is 7.09. The van der Waals surface area contributed by atoms with E-state index < -0.39 is 0 Å². The lowest BCUT2D eigenvalue weighted by atomic mass is 10.2. The van der Waals surface area contributed by atoms with Crippen molar-refractivity contribution in [3.8, 4) is 0 Å². The second-order valence-electron chi connectivity index (χ2n) is 3.72. The van der Waals surface area contributed by atoms with Crippen LogP contribution in [0.5, 0.6) is 0 Å². The van der Waals surface area contributed by atoms with Crippen LogP contribution < -0.4 is 5.73 Å². The molecule has 0 atom stereocenters. The van der Waals surface area contributed by atoms with Crippen LogP contribution in [0.25, 0.3) is 0 Å². The van der Waals surface area contributed by atoms with Crippen molar-refractivity contribution >= 4 is 17.6 Å². The molecule has 0 radical (unpaired) electrons. The molecule has 1 aromatic rings. The molecular formula is C11H21N3S. The Hall–Kier alpha value is -0.640. The van der Waals surface area contributed by atoms with Gasteiger partial charge in [-0.1, -0.05) is 13.3 Å². The highest BCUT2D eigenvalue weighted by atomic mass is 32.2. The summed E-state index contributed by atoms with van der Waals surface area (Å²) in [6.45, 7) is 3.18. The van der Waals surface area contributed by atoms with Crippen molar-refractivity contribution in [2.45, 2.75) is 39.2 Å². The largest absolute Gasteiger partial charge is 0.384 e. The molecule has 0 aliphatic carbocycles. The first-order valence-electron chi connectivity index (χ1n) is 5.58. The van der Waals surface area contributed by atoms with Crippen LogP contribution in [0, 0.1) is 0 Å². The molecule has 15 heavy (non-hydrogen) atoms. The van der Waals surface area contributed by atoms with E-state index in [2.05, 4.69) is 22.7 Å². The van der Waals surface area contributed by atoms with Gasteiger partial charge in [-0.05, 0) is 31.3 Å². The van der Waals surface area contributed by atoms with Crippen LogP contribution in [0.2, 0.25) is 0 Å². The van der Waals surface area contributed by atoms with Gasteiger partial charge < -0.3 is 10.3 Å². The number of unbranched alkanes of at least 4 members (excludes halogenated alkanes) is 1. The summed E-state index contributed by atoms with van der Waals surface area (Å²) >= 11 is 1.87. The van der Waals surface area contributed by atoms with Crippen molar-refractivity contribution in [3.63, 3.8) is 0 Å². The minimum absolute atomic E-state index is 0.865. The summed E-state index contributed by atoms with van der Waals surface area (Å²) in [5, 5.41) is 0. The van der Waals surface area contributed by atoms with Gasteiger partial charge >= 0.3 is 0 Å². The minimum atomic E-state index is 0.865.